The van der Waals surface area contributed by atoms with Gasteiger partial charge in [-0.25, -0.2) is 4.79 Å². The predicted molar refractivity (Wildman–Crippen MR) is 106 cm³/mol. The number of hydrogen-bond donors (Lipinski definition) is 6. The molecule has 0 unspecified atom stereocenters. The zero-order chi connectivity index (χ0) is 19.3. The first kappa shape index (κ1) is 16.1. The Morgan fingerprint density at radius 3 is 2.00 bits per heavy atom. The number of nitrogens with one attached hydrogen (secondary N) is 4. The van der Waals surface area contributed by atoms with Crippen molar-refractivity contribution >= 4 is 29.4 Å². The van der Waals surface area contributed by atoms with Gasteiger partial charge in [-0.1, -0.05) is 0 Å². The number of aliphatic carboxylic acids is 1. The lowest BCUT2D eigenvalue weighted by molar-refractivity contribution is -0.130. The molecule has 4 aromatic heterocycles. The van der Waals surface area contributed by atoms with Gasteiger partial charge in [0.05, 0.1) is 27.8 Å². The second-order valence-electron chi connectivity index (χ2n) is 6.69. The molecule has 7 nitrogen and oxygen atoms in total. The quantitative estimate of drug-likeness (QED) is 0.267. The van der Waals surface area contributed by atoms with Gasteiger partial charge in [0, 0.05) is 22.1 Å². The third-order valence-electron chi connectivity index (χ3n) is 4.79. The highest BCUT2D eigenvalue weighted by molar-refractivity contribution is 6.14. The third kappa shape index (κ3) is 2.66. The van der Waals surface area contributed by atoms with Crippen molar-refractivity contribution < 1.29 is 9.90 Å². The van der Waals surface area contributed by atoms with Gasteiger partial charge in [0.25, 0.3) is 0 Å². The van der Waals surface area contributed by atoms with Crippen LogP contribution in [0.1, 0.15) is 22.8 Å². The summed E-state index contributed by atoms with van der Waals surface area (Å²) in [6.45, 7) is 0. The van der Waals surface area contributed by atoms with Gasteiger partial charge in [0.15, 0.2) is 0 Å². The Bertz CT molecular complexity index is 1460. The van der Waals surface area contributed by atoms with Crippen molar-refractivity contribution in [3.8, 4) is 0 Å². The number of carbonyl (C=O) groups is 1. The van der Waals surface area contributed by atoms with Gasteiger partial charge in [-0.3, -0.25) is 0 Å². The lowest BCUT2D eigenvalue weighted by Crippen LogP contribution is -2.22. The van der Waals surface area contributed by atoms with Crippen LogP contribution in [0.2, 0.25) is 0 Å². The number of nitrogens with two attached hydrogens (primary N) is 1. The van der Waals surface area contributed by atoms with Crippen molar-refractivity contribution in [2.75, 3.05) is 0 Å². The van der Waals surface area contributed by atoms with Crippen LogP contribution in [-0.2, 0) is 4.79 Å². The number of aromatic nitrogens is 4. The topological polar surface area (TPSA) is 126 Å². The Morgan fingerprint density at radius 1 is 0.714 bits per heavy atom. The Balaban J connectivity index is 1.88. The largest absolute Gasteiger partial charge is 0.478 e. The lowest BCUT2D eigenvalue weighted by Gasteiger charge is -1.99. The van der Waals surface area contributed by atoms with Crippen molar-refractivity contribution in [2.45, 2.75) is 0 Å². The van der Waals surface area contributed by atoms with Crippen molar-refractivity contribution in [3.05, 3.63) is 92.7 Å². The first-order chi connectivity index (χ1) is 13.6. The first-order valence-electron chi connectivity index (χ1n) is 8.76. The van der Waals surface area contributed by atoms with Crippen molar-refractivity contribution in [1.82, 2.24) is 19.9 Å². The van der Waals surface area contributed by atoms with E-state index < -0.39 is 5.97 Å². The summed E-state index contributed by atoms with van der Waals surface area (Å²) >= 11 is 0. The molecule has 138 valence electrons. The molecular weight excluding hydrogens is 354 g/mol. The van der Waals surface area contributed by atoms with E-state index in [9.17, 15) is 9.90 Å². The number of fused-ring (bicyclic) bond motifs is 8. The van der Waals surface area contributed by atoms with Crippen LogP contribution in [0, 0.1) is 0 Å². The highest BCUT2D eigenvalue weighted by atomic mass is 16.4. The molecule has 7 N–H and O–H groups in total. The molecule has 0 saturated carbocycles. The molecule has 1 aliphatic heterocycles. The molecule has 5 heterocycles. The predicted octanol–water partition coefficient (Wildman–Crippen LogP) is -0.631. The van der Waals surface area contributed by atoms with E-state index in [2.05, 4.69) is 19.9 Å². The molecule has 0 aromatic carbocycles. The van der Waals surface area contributed by atoms with Crippen molar-refractivity contribution in [2.24, 2.45) is 5.73 Å². The number of carboxylic acid groups (broad SMARTS) is 1. The van der Waals surface area contributed by atoms with E-state index in [-0.39, 0.29) is 5.57 Å². The molecule has 7 heteroatoms. The summed E-state index contributed by atoms with van der Waals surface area (Å²) < 4.78 is 0. The highest BCUT2D eigenvalue weighted by Crippen LogP contribution is 2.12. The summed E-state index contributed by atoms with van der Waals surface area (Å²) in [6.07, 6.45) is 3.93. The van der Waals surface area contributed by atoms with Crippen LogP contribution >= 0.6 is 0 Å². The van der Waals surface area contributed by atoms with E-state index in [1.807, 2.05) is 42.5 Å². The van der Waals surface area contributed by atoms with Gasteiger partial charge >= 0.3 is 5.97 Å². The molecule has 0 radical (unpaired) electrons. The Labute approximate surface area is 158 Å². The maximum Gasteiger partial charge on any atom is 0.339 e. The van der Waals surface area contributed by atoms with Crippen LogP contribution in [0.4, 0.5) is 0 Å². The standard InChI is InChI=1S/C21H17N5O2/c22-20-17-6-4-14(25-17)10-12-2-1-11(23-12)9-13-3-5-15(24-13)19(21(27)28)16-7-8-18(20)26-16/h1-10,23-26H,22H2,(H,27,28). The second kappa shape index (κ2) is 5.95. The van der Waals surface area contributed by atoms with E-state index in [0.29, 0.717) is 22.1 Å². The molecule has 0 spiro atoms. The fraction of sp³-hybridized carbons (Fsp3) is 0. The smallest absolute Gasteiger partial charge is 0.339 e. The summed E-state index contributed by atoms with van der Waals surface area (Å²) in [5.41, 5.74) is 9.94. The first-order valence-corrected chi connectivity index (χ1v) is 8.76. The summed E-state index contributed by atoms with van der Waals surface area (Å²) in [4.78, 5) is 24.8. The minimum atomic E-state index is -1.03. The number of hydrogen-bond acceptors (Lipinski definition) is 2. The van der Waals surface area contributed by atoms with Crippen LogP contribution in [-0.4, -0.2) is 31.0 Å². The maximum atomic E-state index is 11.9. The number of carboxylic acids is 1. The van der Waals surface area contributed by atoms with Crippen LogP contribution in [0.15, 0.2) is 48.5 Å². The Hall–Kier alpha value is -4.13. The van der Waals surface area contributed by atoms with Crippen LogP contribution in [0.25, 0.3) is 23.4 Å². The van der Waals surface area contributed by atoms with Crippen molar-refractivity contribution in [1.29, 1.82) is 0 Å². The summed E-state index contributed by atoms with van der Waals surface area (Å²) in [5.74, 6) is -1.03. The van der Waals surface area contributed by atoms with Gasteiger partial charge in [-0.15, -0.1) is 0 Å². The summed E-state index contributed by atoms with van der Waals surface area (Å²) in [6, 6.07) is 14.9. The SMILES string of the molecule is NC1=c2ccc([nH]2)=C(C(=O)O)c2ccc([nH]2)C=c2ccc([nH]2)=Cc2ccc1[nH]2. The highest BCUT2D eigenvalue weighted by Gasteiger charge is 2.14. The molecule has 28 heavy (non-hydrogen) atoms. The van der Waals surface area contributed by atoms with Crippen LogP contribution < -0.4 is 27.1 Å². The van der Waals surface area contributed by atoms with E-state index >= 15 is 0 Å². The molecule has 4 aromatic rings. The van der Waals surface area contributed by atoms with E-state index in [1.165, 1.54) is 0 Å². The van der Waals surface area contributed by atoms with Crippen molar-refractivity contribution in [3.63, 3.8) is 0 Å². The van der Waals surface area contributed by atoms with Gasteiger partial charge in [-0.2, -0.15) is 0 Å². The van der Waals surface area contributed by atoms with Gasteiger partial charge < -0.3 is 30.8 Å². The van der Waals surface area contributed by atoms with Gasteiger partial charge in [0.1, 0.15) is 5.57 Å². The molecule has 0 amide bonds. The molecule has 5 rings (SSSR count). The molecule has 0 saturated heterocycles. The normalized spacial score (nSPS) is 13.1. The average molecular weight is 371 g/mol. The van der Waals surface area contributed by atoms with Gasteiger partial charge in [-0.05, 0) is 60.7 Å². The lowest BCUT2D eigenvalue weighted by atomic mass is 10.2. The summed E-state index contributed by atoms with van der Waals surface area (Å²) in [5, 5.41) is 12.8. The molecule has 0 fully saturated rings. The molecule has 0 aliphatic carbocycles. The third-order valence-corrected chi connectivity index (χ3v) is 4.79. The van der Waals surface area contributed by atoms with E-state index in [4.69, 9.17) is 5.73 Å². The second-order valence-corrected chi connectivity index (χ2v) is 6.69. The Morgan fingerprint density at radius 2 is 1.32 bits per heavy atom. The van der Waals surface area contributed by atoms with E-state index in [1.54, 1.807) is 18.2 Å². The molecular formula is C21H17N5O2. The number of H-pyrrole nitrogens is 4. The molecule has 0 atom stereocenters. The number of rotatable bonds is 1. The maximum absolute atomic E-state index is 11.9. The average Bonchev–Trinajstić information content (AvgIpc) is 3.43. The monoisotopic (exact) mass is 371 g/mol. The molecule has 1 aliphatic rings. The van der Waals surface area contributed by atoms with Crippen LogP contribution in [0.5, 0.6) is 0 Å². The minimum Gasteiger partial charge on any atom is -0.478 e. The Kier molecular flexibility index (Phi) is 3.42. The number of aromatic amines is 4. The van der Waals surface area contributed by atoms with Crippen LogP contribution in [0.3, 0.4) is 0 Å². The zero-order valence-corrected chi connectivity index (χ0v) is 14.7. The minimum absolute atomic E-state index is 0.151. The van der Waals surface area contributed by atoms with Gasteiger partial charge in [0.2, 0.25) is 0 Å². The molecule has 8 bridgehead atoms. The fourth-order valence-corrected chi connectivity index (χ4v) is 3.45. The van der Waals surface area contributed by atoms with E-state index in [0.717, 1.165) is 27.8 Å². The fourth-order valence-electron chi connectivity index (χ4n) is 3.45. The summed E-state index contributed by atoms with van der Waals surface area (Å²) in [7, 11) is 0. The zero-order valence-electron chi connectivity index (χ0n) is 14.7.